The predicted octanol–water partition coefficient (Wildman–Crippen LogP) is 1.49. The van der Waals surface area contributed by atoms with Gasteiger partial charge >= 0.3 is 5.97 Å². The van der Waals surface area contributed by atoms with Crippen molar-refractivity contribution in [1.29, 1.82) is 0 Å². The molecule has 0 saturated heterocycles. The van der Waals surface area contributed by atoms with Gasteiger partial charge in [-0.3, -0.25) is 9.59 Å². The number of carbonyl (C=O) groups excluding carboxylic acids is 2. The Bertz CT molecular complexity index is 280. The molecule has 92 valence electrons. The molecule has 0 aromatic rings. The molecule has 0 heterocycles. The van der Waals surface area contributed by atoms with Crippen LogP contribution >= 0.6 is 0 Å². The Kier molecular flexibility index (Phi) is 3.94. The molecule has 0 radical (unpaired) electrons. The van der Waals surface area contributed by atoms with Crippen LogP contribution in [-0.4, -0.2) is 24.0 Å². The summed E-state index contributed by atoms with van der Waals surface area (Å²) in [5.41, 5.74) is -0.452. The average Bonchev–Trinajstić information content (AvgIpc) is 2.79. The van der Waals surface area contributed by atoms with Gasteiger partial charge < -0.3 is 10.1 Å². The molecule has 2 unspecified atom stereocenters. The van der Waals surface area contributed by atoms with Crippen LogP contribution in [0.5, 0.6) is 0 Å². The monoisotopic (exact) mass is 227 g/mol. The van der Waals surface area contributed by atoms with Crippen molar-refractivity contribution < 1.29 is 14.3 Å². The van der Waals surface area contributed by atoms with Gasteiger partial charge in [-0.25, -0.2) is 0 Å². The average molecular weight is 227 g/mol. The highest BCUT2D eigenvalue weighted by atomic mass is 16.6. The minimum absolute atomic E-state index is 0.0658. The Morgan fingerprint density at radius 1 is 1.38 bits per heavy atom. The molecule has 0 spiro atoms. The number of hydrogen-bond donors (Lipinski definition) is 1. The smallest absolute Gasteiger partial charge is 0.308 e. The molecule has 1 N–H and O–H groups in total. The maximum absolute atomic E-state index is 11.4. The van der Waals surface area contributed by atoms with Crippen LogP contribution in [0.1, 0.15) is 40.5 Å². The van der Waals surface area contributed by atoms with Gasteiger partial charge in [-0.2, -0.15) is 0 Å². The molecule has 1 fully saturated rings. The van der Waals surface area contributed by atoms with Crippen LogP contribution in [0.2, 0.25) is 0 Å². The second kappa shape index (κ2) is 4.85. The zero-order valence-electron chi connectivity index (χ0n) is 10.5. The summed E-state index contributed by atoms with van der Waals surface area (Å²) in [7, 11) is 0. The zero-order valence-corrected chi connectivity index (χ0v) is 10.5. The summed E-state index contributed by atoms with van der Waals surface area (Å²) in [6.07, 6.45) is 1.21. The van der Waals surface area contributed by atoms with Crippen LogP contribution in [0.3, 0.4) is 0 Å². The van der Waals surface area contributed by atoms with E-state index >= 15 is 0 Å². The van der Waals surface area contributed by atoms with Crippen molar-refractivity contribution in [3.63, 3.8) is 0 Å². The number of ether oxygens (including phenoxy) is 1. The lowest BCUT2D eigenvalue weighted by Gasteiger charge is -2.19. The van der Waals surface area contributed by atoms with E-state index in [9.17, 15) is 9.59 Å². The van der Waals surface area contributed by atoms with Crippen LogP contribution in [0.15, 0.2) is 0 Å². The van der Waals surface area contributed by atoms with E-state index in [0.29, 0.717) is 12.5 Å². The molecule has 16 heavy (non-hydrogen) atoms. The fourth-order valence-corrected chi connectivity index (χ4v) is 1.50. The molecule has 0 aromatic heterocycles. The predicted molar refractivity (Wildman–Crippen MR) is 60.7 cm³/mol. The van der Waals surface area contributed by atoms with Crippen molar-refractivity contribution in [1.82, 2.24) is 5.32 Å². The summed E-state index contributed by atoms with van der Waals surface area (Å²) in [5, 5.41) is 2.75. The van der Waals surface area contributed by atoms with Gasteiger partial charge in [0.1, 0.15) is 5.60 Å². The van der Waals surface area contributed by atoms with E-state index in [1.165, 1.54) is 0 Å². The van der Waals surface area contributed by atoms with E-state index in [0.717, 1.165) is 6.42 Å². The van der Waals surface area contributed by atoms with Gasteiger partial charge in [-0.05, 0) is 33.1 Å². The van der Waals surface area contributed by atoms with Gasteiger partial charge in [0.15, 0.2) is 0 Å². The van der Waals surface area contributed by atoms with E-state index in [-0.39, 0.29) is 24.2 Å². The number of carbonyl (C=O) groups is 2. The van der Waals surface area contributed by atoms with Crippen molar-refractivity contribution in [2.24, 2.45) is 11.8 Å². The Balaban J connectivity index is 2.11. The van der Waals surface area contributed by atoms with Gasteiger partial charge in [0.05, 0.1) is 6.42 Å². The highest BCUT2D eigenvalue weighted by molar-refractivity contribution is 5.81. The lowest BCUT2D eigenvalue weighted by atomic mass is 10.2. The van der Waals surface area contributed by atoms with Crippen molar-refractivity contribution in [2.75, 3.05) is 6.54 Å². The van der Waals surface area contributed by atoms with Gasteiger partial charge in [0.2, 0.25) is 5.91 Å². The quantitative estimate of drug-likeness (QED) is 0.740. The first kappa shape index (κ1) is 13.0. The molecule has 0 aromatic carbocycles. The van der Waals surface area contributed by atoms with Crippen LogP contribution in [-0.2, 0) is 14.3 Å². The molecule has 1 amide bonds. The highest BCUT2D eigenvalue weighted by Gasteiger charge is 2.38. The largest absolute Gasteiger partial charge is 0.460 e. The van der Waals surface area contributed by atoms with Crippen molar-refractivity contribution in [3.05, 3.63) is 0 Å². The van der Waals surface area contributed by atoms with Gasteiger partial charge in [-0.1, -0.05) is 6.92 Å². The first-order valence-electron chi connectivity index (χ1n) is 5.79. The van der Waals surface area contributed by atoms with Gasteiger partial charge in [0.25, 0.3) is 0 Å². The summed E-state index contributed by atoms with van der Waals surface area (Å²) < 4.78 is 5.13. The third-order valence-electron chi connectivity index (χ3n) is 2.49. The van der Waals surface area contributed by atoms with Crippen LogP contribution in [0, 0.1) is 11.8 Å². The number of esters is 1. The van der Waals surface area contributed by atoms with Crippen LogP contribution in [0.25, 0.3) is 0 Å². The summed E-state index contributed by atoms with van der Waals surface area (Å²) >= 11 is 0. The fraction of sp³-hybridized carbons (Fsp3) is 0.833. The molecular weight excluding hydrogens is 206 g/mol. The lowest BCUT2D eigenvalue weighted by molar-refractivity contribution is -0.154. The Morgan fingerprint density at radius 2 is 1.94 bits per heavy atom. The maximum Gasteiger partial charge on any atom is 0.308 e. The SMILES string of the molecule is CC1CC1C(=O)NCCC(=O)OC(C)(C)C. The Hall–Kier alpha value is -1.06. The van der Waals surface area contributed by atoms with Crippen molar-refractivity contribution in [2.45, 2.75) is 46.1 Å². The first-order chi connectivity index (χ1) is 7.29. The second-order valence-electron chi connectivity index (χ2n) is 5.45. The van der Waals surface area contributed by atoms with E-state index in [1.807, 2.05) is 20.8 Å². The van der Waals surface area contributed by atoms with Gasteiger partial charge in [0, 0.05) is 12.5 Å². The number of rotatable bonds is 4. The number of hydrogen-bond acceptors (Lipinski definition) is 3. The summed E-state index contributed by atoms with van der Waals surface area (Å²) in [6.45, 7) is 7.91. The summed E-state index contributed by atoms with van der Waals surface area (Å²) in [4.78, 5) is 22.7. The van der Waals surface area contributed by atoms with Crippen LogP contribution in [0.4, 0.5) is 0 Å². The van der Waals surface area contributed by atoms with Crippen LogP contribution < -0.4 is 5.32 Å². The first-order valence-corrected chi connectivity index (χ1v) is 5.79. The van der Waals surface area contributed by atoms with Crippen molar-refractivity contribution in [3.8, 4) is 0 Å². The minimum Gasteiger partial charge on any atom is -0.460 e. The topological polar surface area (TPSA) is 55.4 Å². The zero-order chi connectivity index (χ0) is 12.3. The molecule has 1 rings (SSSR count). The minimum atomic E-state index is -0.452. The number of amides is 1. The van der Waals surface area contributed by atoms with Gasteiger partial charge in [-0.15, -0.1) is 0 Å². The molecule has 1 aliphatic carbocycles. The van der Waals surface area contributed by atoms with E-state index in [4.69, 9.17) is 4.74 Å². The molecule has 0 bridgehead atoms. The maximum atomic E-state index is 11.4. The Labute approximate surface area is 96.7 Å². The van der Waals surface area contributed by atoms with E-state index in [1.54, 1.807) is 0 Å². The third kappa shape index (κ3) is 4.64. The molecule has 2 atom stereocenters. The standard InChI is InChI=1S/C12H21NO3/c1-8-7-9(8)11(15)13-6-5-10(14)16-12(2,3)4/h8-9H,5-7H2,1-4H3,(H,13,15). The normalized spacial score (nSPS) is 23.8. The summed E-state index contributed by atoms with van der Waals surface area (Å²) in [5.74, 6) is 0.466. The molecule has 4 heteroatoms. The molecule has 1 saturated carbocycles. The number of nitrogens with one attached hydrogen (secondary N) is 1. The molecule has 4 nitrogen and oxygen atoms in total. The molecule has 0 aliphatic heterocycles. The third-order valence-corrected chi connectivity index (χ3v) is 2.49. The van der Waals surface area contributed by atoms with Crippen molar-refractivity contribution >= 4 is 11.9 Å². The lowest BCUT2D eigenvalue weighted by Crippen LogP contribution is -2.30. The molecular formula is C12H21NO3. The fourth-order valence-electron chi connectivity index (χ4n) is 1.50. The van der Waals surface area contributed by atoms with E-state index in [2.05, 4.69) is 12.2 Å². The second-order valence-corrected chi connectivity index (χ2v) is 5.45. The van der Waals surface area contributed by atoms with E-state index < -0.39 is 5.60 Å². The molecule has 1 aliphatic rings. The summed E-state index contributed by atoms with van der Waals surface area (Å²) in [6, 6.07) is 0. The highest BCUT2D eigenvalue weighted by Crippen LogP contribution is 2.37. The Morgan fingerprint density at radius 3 is 2.38 bits per heavy atom.